The van der Waals surface area contributed by atoms with E-state index in [2.05, 4.69) is 53.4 Å². The van der Waals surface area contributed by atoms with Gasteiger partial charge in [0, 0.05) is 6.54 Å². The second-order valence-electron chi connectivity index (χ2n) is 9.33. The Kier molecular flexibility index (Phi) is 7.85. The molecule has 0 spiro atoms. The smallest absolute Gasteiger partial charge is 0.142 e. The van der Waals surface area contributed by atoms with Crippen molar-refractivity contribution in [3.05, 3.63) is 64.2 Å². The van der Waals surface area contributed by atoms with Crippen molar-refractivity contribution in [2.45, 2.75) is 77.9 Å². The predicted molar refractivity (Wildman–Crippen MR) is 132 cm³/mol. The monoisotopic (exact) mass is 434 g/mol. The molecule has 172 valence electrons. The van der Waals surface area contributed by atoms with Gasteiger partial charge in [0.15, 0.2) is 0 Å². The third kappa shape index (κ3) is 5.53. The van der Waals surface area contributed by atoms with Crippen molar-refractivity contribution in [2.24, 2.45) is 5.16 Å². The third-order valence-corrected chi connectivity index (χ3v) is 7.12. The number of nitrogens with zero attached hydrogens (tertiary/aromatic N) is 2. The number of likely N-dealkylation sites (tertiary alicyclic amines) is 1. The fraction of sp³-hybridized carbons (Fsp3) is 0.536. The molecule has 0 N–H and O–H groups in total. The van der Waals surface area contributed by atoms with Crippen LogP contribution in [-0.2, 0) is 24.4 Å². The lowest BCUT2D eigenvalue weighted by molar-refractivity contribution is 0.130. The van der Waals surface area contributed by atoms with Gasteiger partial charge in [0.1, 0.15) is 12.4 Å². The molecule has 4 heteroatoms. The Balaban J connectivity index is 1.38. The van der Waals surface area contributed by atoms with Crippen molar-refractivity contribution < 1.29 is 9.57 Å². The lowest BCUT2D eigenvalue weighted by Gasteiger charge is -2.31. The maximum Gasteiger partial charge on any atom is 0.142 e. The normalized spacial score (nSPS) is 17.8. The van der Waals surface area contributed by atoms with Crippen LogP contribution >= 0.6 is 0 Å². The van der Waals surface area contributed by atoms with Crippen LogP contribution in [0.2, 0.25) is 0 Å². The Hall–Kier alpha value is -2.33. The zero-order chi connectivity index (χ0) is 22.3. The molecule has 4 rings (SSSR count). The van der Waals surface area contributed by atoms with Gasteiger partial charge in [-0.2, -0.15) is 0 Å². The van der Waals surface area contributed by atoms with Gasteiger partial charge < -0.3 is 9.57 Å². The summed E-state index contributed by atoms with van der Waals surface area (Å²) in [5.41, 5.74) is 7.35. The summed E-state index contributed by atoms with van der Waals surface area (Å²) in [6, 6.07) is 13.2. The van der Waals surface area contributed by atoms with Gasteiger partial charge in [-0.05, 0) is 91.6 Å². The highest BCUT2D eigenvalue weighted by Gasteiger charge is 2.19. The van der Waals surface area contributed by atoms with Crippen molar-refractivity contribution in [3.8, 4) is 5.75 Å². The van der Waals surface area contributed by atoms with E-state index in [-0.39, 0.29) is 0 Å². The van der Waals surface area contributed by atoms with Gasteiger partial charge in [0.2, 0.25) is 0 Å². The number of hydrogen-bond acceptors (Lipinski definition) is 4. The molecule has 1 saturated heterocycles. The molecule has 2 aliphatic rings. The second-order valence-corrected chi connectivity index (χ2v) is 9.33. The molecule has 0 unspecified atom stereocenters. The van der Waals surface area contributed by atoms with E-state index in [1.807, 2.05) is 6.92 Å². The molecule has 2 aromatic carbocycles. The molecule has 0 bridgehead atoms. The van der Waals surface area contributed by atoms with Gasteiger partial charge in [-0.3, -0.25) is 4.90 Å². The molecule has 1 heterocycles. The molecule has 2 aromatic rings. The first kappa shape index (κ1) is 22.8. The van der Waals surface area contributed by atoms with Crippen LogP contribution in [0.5, 0.6) is 5.75 Å². The van der Waals surface area contributed by atoms with Crippen LogP contribution in [0.4, 0.5) is 0 Å². The van der Waals surface area contributed by atoms with Crippen LogP contribution < -0.4 is 4.74 Å². The molecule has 1 aliphatic heterocycles. The summed E-state index contributed by atoms with van der Waals surface area (Å²) in [6.45, 7) is 8.22. The van der Waals surface area contributed by atoms with E-state index in [0.717, 1.165) is 35.6 Å². The van der Waals surface area contributed by atoms with E-state index >= 15 is 0 Å². The topological polar surface area (TPSA) is 34.1 Å². The maximum absolute atomic E-state index is 5.74. The molecule has 1 aliphatic carbocycles. The first-order chi connectivity index (χ1) is 15.7. The summed E-state index contributed by atoms with van der Waals surface area (Å²) in [6.07, 6.45) is 8.93. The number of oxime groups is 1. The number of hydrogen-bond donors (Lipinski definition) is 0. The minimum Gasteiger partial charge on any atom is -0.496 e. The van der Waals surface area contributed by atoms with Gasteiger partial charge >= 0.3 is 0 Å². The van der Waals surface area contributed by atoms with Crippen LogP contribution in [0.15, 0.2) is 41.6 Å². The average molecular weight is 435 g/mol. The number of rotatable bonds is 9. The van der Waals surface area contributed by atoms with Crippen molar-refractivity contribution in [1.29, 1.82) is 0 Å². The number of aryl methyl sites for hydroxylation is 1. The van der Waals surface area contributed by atoms with Gasteiger partial charge in [0.25, 0.3) is 0 Å². The molecule has 1 saturated carbocycles. The molecule has 0 atom stereocenters. The second kappa shape index (κ2) is 11.0. The summed E-state index contributed by atoms with van der Waals surface area (Å²) in [7, 11) is 1.77. The molecule has 0 aromatic heterocycles. The summed E-state index contributed by atoms with van der Waals surface area (Å²) < 4.78 is 5.72. The zero-order valence-electron chi connectivity index (χ0n) is 20.0. The number of methoxy groups -OCH3 is 1. The molecular weight excluding hydrogens is 396 g/mol. The quantitative estimate of drug-likeness (QED) is 0.336. The Morgan fingerprint density at radius 2 is 1.81 bits per heavy atom. The minimum absolute atomic E-state index is 0.451. The third-order valence-electron chi connectivity index (χ3n) is 7.12. The highest BCUT2D eigenvalue weighted by Crippen LogP contribution is 2.37. The first-order valence-corrected chi connectivity index (χ1v) is 12.4. The Bertz CT molecular complexity index is 927. The van der Waals surface area contributed by atoms with E-state index in [1.54, 1.807) is 7.11 Å². The molecule has 0 amide bonds. The highest BCUT2D eigenvalue weighted by atomic mass is 16.6. The number of ether oxygens (including phenoxy) is 1. The van der Waals surface area contributed by atoms with Gasteiger partial charge in [-0.1, -0.05) is 55.6 Å². The minimum atomic E-state index is 0.451. The van der Waals surface area contributed by atoms with Crippen LogP contribution in [0.3, 0.4) is 0 Å². The molecule has 32 heavy (non-hydrogen) atoms. The average Bonchev–Trinajstić information content (AvgIpc) is 2.81. The van der Waals surface area contributed by atoms with Crippen LogP contribution in [-0.4, -0.2) is 30.8 Å². The van der Waals surface area contributed by atoms with E-state index in [4.69, 9.17) is 9.57 Å². The fourth-order valence-electron chi connectivity index (χ4n) is 4.97. The van der Waals surface area contributed by atoms with Crippen LogP contribution in [0.1, 0.15) is 86.1 Å². The van der Waals surface area contributed by atoms with E-state index in [0.29, 0.717) is 12.5 Å². The van der Waals surface area contributed by atoms with Gasteiger partial charge in [-0.15, -0.1) is 0 Å². The van der Waals surface area contributed by atoms with Crippen LogP contribution in [0.25, 0.3) is 0 Å². The SMILES string of the molecule is CCc1cc(C(C)=NOCc2ccc(C3CCCCC3)c(OC)c2)ccc1CN1CCC1. The lowest BCUT2D eigenvalue weighted by atomic mass is 9.83. The standard InChI is InChI=1S/C28H38N2O2/c1-4-23-18-25(12-13-26(23)19-30-15-8-16-30)21(2)29-32-20-22-11-14-27(28(17-22)31-3)24-9-6-5-7-10-24/h11-14,17-18,24H,4-10,15-16,19-20H2,1-3H3. The largest absolute Gasteiger partial charge is 0.496 e. The van der Waals surface area contributed by atoms with Crippen molar-refractivity contribution in [1.82, 2.24) is 4.90 Å². The molecular formula is C28H38N2O2. The molecule has 4 nitrogen and oxygen atoms in total. The van der Waals surface area contributed by atoms with Crippen molar-refractivity contribution in [3.63, 3.8) is 0 Å². The van der Waals surface area contributed by atoms with Crippen molar-refractivity contribution >= 4 is 5.71 Å². The summed E-state index contributed by atoms with van der Waals surface area (Å²) >= 11 is 0. The lowest BCUT2D eigenvalue weighted by Crippen LogP contribution is -2.36. The predicted octanol–water partition coefficient (Wildman–Crippen LogP) is 6.45. The Morgan fingerprint density at radius 1 is 1.00 bits per heavy atom. The first-order valence-electron chi connectivity index (χ1n) is 12.4. The van der Waals surface area contributed by atoms with Gasteiger partial charge in [-0.25, -0.2) is 0 Å². The van der Waals surface area contributed by atoms with Gasteiger partial charge in [0.05, 0.1) is 12.8 Å². The van der Waals surface area contributed by atoms with Crippen LogP contribution in [0, 0.1) is 0 Å². The summed E-state index contributed by atoms with van der Waals surface area (Å²) in [5, 5.41) is 4.42. The molecule has 0 radical (unpaired) electrons. The number of benzene rings is 2. The van der Waals surface area contributed by atoms with E-state index in [9.17, 15) is 0 Å². The highest BCUT2D eigenvalue weighted by molar-refractivity contribution is 5.98. The maximum atomic E-state index is 5.74. The van der Waals surface area contributed by atoms with Crippen molar-refractivity contribution in [2.75, 3.05) is 20.2 Å². The summed E-state index contributed by atoms with van der Waals surface area (Å²) in [4.78, 5) is 8.25. The van der Waals surface area contributed by atoms with E-state index in [1.165, 1.54) is 68.3 Å². The van der Waals surface area contributed by atoms with E-state index < -0.39 is 0 Å². The summed E-state index contributed by atoms with van der Waals surface area (Å²) in [5.74, 6) is 1.62. The zero-order valence-corrected chi connectivity index (χ0v) is 20.0. The fourth-order valence-corrected chi connectivity index (χ4v) is 4.97. The Morgan fingerprint density at radius 3 is 2.50 bits per heavy atom. The molecule has 2 fully saturated rings. The Labute approximate surface area is 193 Å².